The van der Waals surface area contributed by atoms with Crippen molar-refractivity contribution in [3.05, 3.63) is 34.9 Å². The molecule has 0 fully saturated rings. The molecular weight excluding hydrogens is 238 g/mol. The third-order valence-corrected chi connectivity index (χ3v) is 4.10. The molecule has 4 nitrogen and oxygen atoms in total. The minimum atomic E-state index is 0.0519. The van der Waals surface area contributed by atoms with Crippen molar-refractivity contribution in [2.24, 2.45) is 11.7 Å². The highest BCUT2D eigenvalue weighted by atomic mass is 16.5. The van der Waals surface area contributed by atoms with Gasteiger partial charge in [0.05, 0.1) is 5.70 Å². The Morgan fingerprint density at radius 3 is 2.68 bits per heavy atom. The first-order chi connectivity index (χ1) is 8.93. The van der Waals surface area contributed by atoms with E-state index < -0.39 is 0 Å². The molecule has 1 heterocycles. The first-order valence-corrected chi connectivity index (χ1v) is 6.80. The second-order valence-corrected chi connectivity index (χ2v) is 5.64. The van der Waals surface area contributed by atoms with E-state index >= 15 is 0 Å². The molecule has 19 heavy (non-hydrogen) atoms. The van der Waals surface area contributed by atoms with Crippen LogP contribution in [0.3, 0.4) is 0 Å². The second kappa shape index (κ2) is 5.39. The molecule has 0 amide bonds. The van der Waals surface area contributed by atoms with Crippen molar-refractivity contribution in [1.82, 2.24) is 9.80 Å². The zero-order valence-electron chi connectivity index (χ0n) is 12.6. The Labute approximate surface area is 116 Å². The fourth-order valence-corrected chi connectivity index (χ4v) is 2.73. The van der Waals surface area contributed by atoms with Gasteiger partial charge in [-0.05, 0) is 39.6 Å². The summed E-state index contributed by atoms with van der Waals surface area (Å²) >= 11 is 0. The van der Waals surface area contributed by atoms with Gasteiger partial charge in [-0.2, -0.15) is 0 Å². The van der Waals surface area contributed by atoms with Crippen LogP contribution in [0.4, 0.5) is 0 Å². The molecule has 0 radical (unpaired) electrons. The molecule has 2 unspecified atom stereocenters. The zero-order valence-corrected chi connectivity index (χ0v) is 12.6. The summed E-state index contributed by atoms with van der Waals surface area (Å²) in [6, 6.07) is 0.0519. The maximum Gasteiger partial charge on any atom is 0.139 e. The topological polar surface area (TPSA) is 41.7 Å². The summed E-state index contributed by atoms with van der Waals surface area (Å²) in [4.78, 5) is 4.34. The number of nitrogens with two attached hydrogens (primary N) is 1. The molecule has 0 bridgehead atoms. The number of fused-ring (bicyclic) bond motifs is 1. The van der Waals surface area contributed by atoms with Gasteiger partial charge in [-0.15, -0.1) is 0 Å². The van der Waals surface area contributed by atoms with Crippen molar-refractivity contribution in [1.29, 1.82) is 0 Å². The van der Waals surface area contributed by atoms with Crippen LogP contribution in [0, 0.1) is 5.92 Å². The first kappa shape index (κ1) is 14.2. The van der Waals surface area contributed by atoms with Crippen molar-refractivity contribution in [3.63, 3.8) is 0 Å². The van der Waals surface area contributed by atoms with Crippen LogP contribution < -0.4 is 5.73 Å². The predicted octanol–water partition coefficient (Wildman–Crippen LogP) is 1.53. The number of rotatable bonds is 4. The monoisotopic (exact) mass is 263 g/mol. The average molecular weight is 263 g/mol. The van der Waals surface area contributed by atoms with Crippen LogP contribution in [-0.2, 0) is 4.74 Å². The van der Waals surface area contributed by atoms with Crippen molar-refractivity contribution < 1.29 is 4.74 Å². The van der Waals surface area contributed by atoms with Gasteiger partial charge in [0, 0.05) is 31.2 Å². The van der Waals surface area contributed by atoms with E-state index in [1.165, 1.54) is 17.0 Å². The van der Waals surface area contributed by atoms with Gasteiger partial charge in [-0.1, -0.05) is 6.08 Å². The van der Waals surface area contributed by atoms with E-state index in [0.29, 0.717) is 6.61 Å². The molecule has 106 valence electrons. The second-order valence-electron chi connectivity index (χ2n) is 5.64. The van der Waals surface area contributed by atoms with E-state index in [1.807, 2.05) is 20.2 Å². The van der Waals surface area contributed by atoms with Gasteiger partial charge < -0.3 is 20.3 Å². The molecule has 1 aliphatic heterocycles. The van der Waals surface area contributed by atoms with E-state index in [4.69, 9.17) is 10.5 Å². The number of likely N-dealkylation sites (N-methyl/N-ethyl adjacent to an activating group) is 1. The minimum Gasteiger partial charge on any atom is -0.490 e. The van der Waals surface area contributed by atoms with Crippen LogP contribution >= 0.6 is 0 Å². The number of nitrogens with zero attached hydrogens (tertiary/aromatic N) is 2. The lowest BCUT2D eigenvalue weighted by Gasteiger charge is -2.29. The highest BCUT2D eigenvalue weighted by Crippen LogP contribution is 2.41. The third kappa shape index (κ3) is 2.55. The Balaban J connectivity index is 2.21. The summed E-state index contributed by atoms with van der Waals surface area (Å²) in [5.41, 5.74) is 10.1. The molecule has 0 aromatic rings. The largest absolute Gasteiger partial charge is 0.490 e. The molecule has 1 aliphatic carbocycles. The Morgan fingerprint density at radius 1 is 1.37 bits per heavy atom. The van der Waals surface area contributed by atoms with Gasteiger partial charge in [0.1, 0.15) is 12.4 Å². The van der Waals surface area contributed by atoms with Crippen molar-refractivity contribution in [3.8, 4) is 0 Å². The van der Waals surface area contributed by atoms with Gasteiger partial charge in [-0.3, -0.25) is 0 Å². The van der Waals surface area contributed by atoms with Gasteiger partial charge in [0.2, 0.25) is 0 Å². The SMILES string of the molecule is CC1=C(C)N(C)C2=C(OCCN(C)C)C=CC(N)C12. The van der Waals surface area contributed by atoms with Crippen LogP contribution in [0.15, 0.2) is 34.9 Å². The van der Waals surface area contributed by atoms with E-state index in [-0.39, 0.29) is 12.0 Å². The quantitative estimate of drug-likeness (QED) is 0.835. The lowest BCUT2D eigenvalue weighted by molar-refractivity contribution is 0.181. The van der Waals surface area contributed by atoms with Crippen LogP contribution in [0.5, 0.6) is 0 Å². The van der Waals surface area contributed by atoms with E-state index in [0.717, 1.165) is 12.3 Å². The van der Waals surface area contributed by atoms with Crippen LogP contribution in [0.25, 0.3) is 0 Å². The summed E-state index contributed by atoms with van der Waals surface area (Å²) in [6.07, 6.45) is 4.07. The number of ether oxygens (including phenoxy) is 1. The summed E-state index contributed by atoms with van der Waals surface area (Å²) in [6.45, 7) is 5.92. The first-order valence-electron chi connectivity index (χ1n) is 6.80. The molecule has 2 aliphatic rings. The van der Waals surface area contributed by atoms with Crippen LogP contribution in [0.1, 0.15) is 13.8 Å². The number of hydrogen-bond acceptors (Lipinski definition) is 4. The zero-order chi connectivity index (χ0) is 14.2. The van der Waals surface area contributed by atoms with Gasteiger partial charge in [-0.25, -0.2) is 0 Å². The molecule has 0 saturated carbocycles. The fraction of sp³-hybridized carbons (Fsp3) is 0.600. The third-order valence-electron chi connectivity index (χ3n) is 4.10. The van der Waals surface area contributed by atoms with Crippen molar-refractivity contribution >= 4 is 0 Å². The lowest BCUT2D eigenvalue weighted by atomic mass is 9.87. The molecule has 4 heteroatoms. The Morgan fingerprint density at radius 2 is 2.05 bits per heavy atom. The number of hydrogen-bond donors (Lipinski definition) is 1. The van der Waals surface area contributed by atoms with Crippen molar-refractivity contribution in [2.75, 3.05) is 34.3 Å². The van der Waals surface area contributed by atoms with Crippen LogP contribution in [0.2, 0.25) is 0 Å². The standard InChI is InChI=1S/C15H25N3O/c1-10-11(2)18(5)15-13(19-9-8-17(3)4)7-6-12(16)14(10)15/h6-7,12,14H,8-9,16H2,1-5H3. The molecule has 0 aromatic heterocycles. The van der Waals surface area contributed by atoms with Gasteiger partial charge in [0.25, 0.3) is 0 Å². The average Bonchev–Trinajstić information content (AvgIpc) is 2.58. The highest BCUT2D eigenvalue weighted by Gasteiger charge is 2.37. The van der Waals surface area contributed by atoms with E-state index in [2.05, 4.69) is 36.8 Å². The molecule has 2 N–H and O–H groups in total. The van der Waals surface area contributed by atoms with Crippen molar-refractivity contribution in [2.45, 2.75) is 19.9 Å². The molecular formula is C15H25N3O. The molecule has 0 spiro atoms. The Bertz CT molecular complexity index is 448. The molecule has 0 aromatic carbocycles. The predicted molar refractivity (Wildman–Crippen MR) is 78.3 cm³/mol. The fourth-order valence-electron chi connectivity index (χ4n) is 2.73. The molecule has 0 saturated heterocycles. The van der Waals surface area contributed by atoms with Crippen LogP contribution in [-0.4, -0.2) is 50.1 Å². The molecule has 2 rings (SSSR count). The maximum atomic E-state index is 6.23. The summed E-state index contributed by atoms with van der Waals surface area (Å²) in [5.74, 6) is 1.23. The summed E-state index contributed by atoms with van der Waals surface area (Å²) in [7, 11) is 6.19. The van der Waals surface area contributed by atoms with Gasteiger partial charge in [0.15, 0.2) is 0 Å². The molecule has 2 atom stereocenters. The van der Waals surface area contributed by atoms with E-state index in [1.54, 1.807) is 0 Å². The highest BCUT2D eigenvalue weighted by molar-refractivity contribution is 5.43. The summed E-state index contributed by atoms with van der Waals surface area (Å²) < 4.78 is 5.95. The normalized spacial score (nSPS) is 26.6. The Kier molecular flexibility index (Phi) is 4.02. The van der Waals surface area contributed by atoms with E-state index in [9.17, 15) is 0 Å². The minimum absolute atomic E-state index is 0.0519. The summed E-state index contributed by atoms with van der Waals surface area (Å²) in [5, 5.41) is 0. The Hall–Kier alpha value is -1.26. The number of allylic oxidation sites excluding steroid dienone is 2. The van der Waals surface area contributed by atoms with Gasteiger partial charge >= 0.3 is 0 Å². The maximum absolute atomic E-state index is 6.23. The lowest BCUT2D eigenvalue weighted by Crippen LogP contribution is -2.34. The smallest absolute Gasteiger partial charge is 0.139 e.